The lowest BCUT2D eigenvalue weighted by Gasteiger charge is -2.21. The summed E-state index contributed by atoms with van der Waals surface area (Å²) >= 11 is 0. The molecule has 0 spiro atoms. The molecule has 0 fully saturated rings. The molecule has 5 heteroatoms. The number of hydrogen-bond donors (Lipinski definition) is 3. The van der Waals surface area contributed by atoms with E-state index in [1.165, 1.54) is 0 Å². The highest BCUT2D eigenvalue weighted by molar-refractivity contribution is 5.98. The summed E-state index contributed by atoms with van der Waals surface area (Å²) in [5, 5.41) is 5.59. The molecule has 1 aromatic rings. The number of benzene rings is 1. The van der Waals surface area contributed by atoms with Gasteiger partial charge >= 0.3 is 0 Å². The van der Waals surface area contributed by atoms with Gasteiger partial charge < -0.3 is 16.4 Å². The molecule has 0 aromatic heterocycles. The predicted octanol–water partition coefficient (Wildman–Crippen LogP) is 2.74. The van der Waals surface area contributed by atoms with Gasteiger partial charge in [-0.15, -0.1) is 0 Å². The van der Waals surface area contributed by atoms with Gasteiger partial charge in [0, 0.05) is 16.8 Å². The number of carbonyl (C=O) groups excluding carboxylic acids is 2. The van der Waals surface area contributed by atoms with Crippen LogP contribution in [0.25, 0.3) is 0 Å². The standard InChI is InChI=1S/C16H25N3O2/c1-6-16(5,17)14(21)19-12-9-7-11(8-10-12)18-13(20)15(2,3)4/h7-10H,6,17H2,1-5H3,(H,18,20)(H,19,21). The fourth-order valence-electron chi connectivity index (χ4n) is 1.39. The van der Waals surface area contributed by atoms with E-state index in [0.29, 0.717) is 17.8 Å². The first-order chi connectivity index (χ1) is 9.56. The molecule has 2 amide bonds. The first kappa shape index (κ1) is 17.2. The molecule has 4 N–H and O–H groups in total. The molecular formula is C16H25N3O2. The minimum atomic E-state index is -0.890. The summed E-state index contributed by atoms with van der Waals surface area (Å²) in [7, 11) is 0. The molecule has 0 radical (unpaired) electrons. The van der Waals surface area contributed by atoms with Gasteiger partial charge in [-0.1, -0.05) is 27.7 Å². The Morgan fingerprint density at radius 2 is 1.33 bits per heavy atom. The van der Waals surface area contributed by atoms with Gasteiger partial charge in [-0.2, -0.15) is 0 Å². The SMILES string of the molecule is CCC(C)(N)C(=O)Nc1ccc(NC(=O)C(C)(C)C)cc1. The molecule has 0 saturated heterocycles. The number of nitrogens with two attached hydrogens (primary N) is 1. The van der Waals surface area contributed by atoms with Crippen molar-refractivity contribution in [2.24, 2.45) is 11.1 Å². The van der Waals surface area contributed by atoms with Crippen molar-refractivity contribution in [3.05, 3.63) is 24.3 Å². The van der Waals surface area contributed by atoms with E-state index in [1.807, 2.05) is 27.7 Å². The normalized spacial score (nSPS) is 14.2. The van der Waals surface area contributed by atoms with Crippen LogP contribution in [0.15, 0.2) is 24.3 Å². The third-order valence-electron chi connectivity index (χ3n) is 3.33. The van der Waals surface area contributed by atoms with Crippen molar-refractivity contribution in [1.82, 2.24) is 0 Å². The van der Waals surface area contributed by atoms with Crippen LogP contribution in [0.3, 0.4) is 0 Å². The summed E-state index contributed by atoms with van der Waals surface area (Å²) in [5.41, 5.74) is 5.89. The predicted molar refractivity (Wildman–Crippen MR) is 86.0 cm³/mol. The van der Waals surface area contributed by atoms with Crippen molar-refractivity contribution in [3.8, 4) is 0 Å². The largest absolute Gasteiger partial charge is 0.326 e. The highest BCUT2D eigenvalue weighted by Crippen LogP contribution is 2.19. The van der Waals surface area contributed by atoms with E-state index in [-0.39, 0.29) is 11.8 Å². The van der Waals surface area contributed by atoms with E-state index in [4.69, 9.17) is 5.73 Å². The van der Waals surface area contributed by atoms with Crippen LogP contribution >= 0.6 is 0 Å². The Hall–Kier alpha value is -1.88. The fraction of sp³-hybridized carbons (Fsp3) is 0.500. The molecule has 116 valence electrons. The Kier molecular flexibility index (Phi) is 5.12. The van der Waals surface area contributed by atoms with Gasteiger partial charge in [-0.25, -0.2) is 0 Å². The minimum absolute atomic E-state index is 0.0557. The van der Waals surface area contributed by atoms with Gasteiger partial charge in [0.2, 0.25) is 11.8 Å². The highest BCUT2D eigenvalue weighted by atomic mass is 16.2. The molecule has 0 aliphatic carbocycles. The van der Waals surface area contributed by atoms with Crippen LogP contribution in [0.2, 0.25) is 0 Å². The number of rotatable bonds is 4. The first-order valence-electron chi connectivity index (χ1n) is 7.08. The van der Waals surface area contributed by atoms with Crippen molar-refractivity contribution in [3.63, 3.8) is 0 Å². The summed E-state index contributed by atoms with van der Waals surface area (Å²) in [6.07, 6.45) is 0.554. The van der Waals surface area contributed by atoms with Crippen LogP contribution in [-0.2, 0) is 9.59 Å². The Balaban J connectivity index is 2.71. The molecule has 0 bridgehead atoms. The smallest absolute Gasteiger partial charge is 0.244 e. The van der Waals surface area contributed by atoms with Gasteiger partial charge in [-0.3, -0.25) is 9.59 Å². The lowest BCUT2D eigenvalue weighted by Crippen LogP contribution is -2.47. The molecule has 1 aromatic carbocycles. The molecule has 21 heavy (non-hydrogen) atoms. The summed E-state index contributed by atoms with van der Waals surface area (Å²) in [6, 6.07) is 6.97. The first-order valence-corrected chi connectivity index (χ1v) is 7.08. The second-order valence-corrected chi connectivity index (χ2v) is 6.51. The molecule has 0 saturated carbocycles. The van der Waals surface area contributed by atoms with Crippen LogP contribution in [0.4, 0.5) is 11.4 Å². The monoisotopic (exact) mass is 291 g/mol. The molecule has 1 unspecified atom stereocenters. The van der Waals surface area contributed by atoms with Crippen LogP contribution in [0.1, 0.15) is 41.0 Å². The van der Waals surface area contributed by atoms with Crippen molar-refractivity contribution in [2.75, 3.05) is 10.6 Å². The van der Waals surface area contributed by atoms with E-state index < -0.39 is 11.0 Å². The average Bonchev–Trinajstić information content (AvgIpc) is 2.39. The minimum Gasteiger partial charge on any atom is -0.326 e. The lowest BCUT2D eigenvalue weighted by molar-refractivity contribution is -0.123. The Morgan fingerprint density at radius 1 is 0.952 bits per heavy atom. The van der Waals surface area contributed by atoms with E-state index in [9.17, 15) is 9.59 Å². The van der Waals surface area contributed by atoms with E-state index in [2.05, 4.69) is 10.6 Å². The van der Waals surface area contributed by atoms with Crippen molar-refractivity contribution in [1.29, 1.82) is 0 Å². The lowest BCUT2D eigenvalue weighted by atomic mass is 9.95. The number of anilines is 2. The Bertz CT molecular complexity index is 513. The van der Waals surface area contributed by atoms with E-state index in [1.54, 1.807) is 31.2 Å². The maximum Gasteiger partial charge on any atom is 0.244 e. The topological polar surface area (TPSA) is 84.2 Å². The fourth-order valence-corrected chi connectivity index (χ4v) is 1.39. The van der Waals surface area contributed by atoms with Gasteiger partial charge in [0.15, 0.2) is 0 Å². The maximum absolute atomic E-state index is 12.0. The number of amides is 2. The van der Waals surface area contributed by atoms with E-state index >= 15 is 0 Å². The van der Waals surface area contributed by atoms with Crippen LogP contribution in [0, 0.1) is 5.41 Å². The molecule has 0 aliphatic heterocycles. The molecular weight excluding hydrogens is 266 g/mol. The van der Waals surface area contributed by atoms with Gasteiger partial charge in [0.1, 0.15) is 0 Å². The second kappa shape index (κ2) is 6.26. The quantitative estimate of drug-likeness (QED) is 0.797. The molecule has 0 heterocycles. The van der Waals surface area contributed by atoms with Crippen molar-refractivity contribution in [2.45, 2.75) is 46.6 Å². The van der Waals surface area contributed by atoms with Crippen LogP contribution in [-0.4, -0.2) is 17.4 Å². The average molecular weight is 291 g/mol. The summed E-state index contributed by atoms with van der Waals surface area (Å²) in [5.74, 6) is -0.281. The van der Waals surface area contributed by atoms with Gasteiger partial charge in [0.25, 0.3) is 0 Å². The highest BCUT2D eigenvalue weighted by Gasteiger charge is 2.26. The summed E-state index contributed by atoms with van der Waals surface area (Å²) in [6.45, 7) is 9.11. The second-order valence-electron chi connectivity index (χ2n) is 6.51. The third-order valence-corrected chi connectivity index (χ3v) is 3.33. The molecule has 5 nitrogen and oxygen atoms in total. The molecule has 1 rings (SSSR count). The Morgan fingerprint density at radius 3 is 1.67 bits per heavy atom. The molecule has 1 atom stereocenters. The summed E-state index contributed by atoms with van der Waals surface area (Å²) in [4.78, 5) is 23.8. The number of hydrogen-bond acceptors (Lipinski definition) is 3. The van der Waals surface area contributed by atoms with Crippen LogP contribution < -0.4 is 16.4 Å². The third kappa shape index (κ3) is 4.86. The van der Waals surface area contributed by atoms with Crippen molar-refractivity contribution < 1.29 is 9.59 Å². The van der Waals surface area contributed by atoms with Crippen molar-refractivity contribution >= 4 is 23.2 Å². The zero-order valence-electron chi connectivity index (χ0n) is 13.4. The zero-order chi connectivity index (χ0) is 16.3. The number of nitrogens with one attached hydrogen (secondary N) is 2. The Labute approximate surface area is 126 Å². The van der Waals surface area contributed by atoms with Gasteiger partial charge in [0.05, 0.1) is 5.54 Å². The van der Waals surface area contributed by atoms with Gasteiger partial charge in [-0.05, 0) is 37.6 Å². The maximum atomic E-state index is 12.0. The summed E-state index contributed by atoms with van der Waals surface area (Å²) < 4.78 is 0. The molecule has 0 aliphatic rings. The zero-order valence-corrected chi connectivity index (χ0v) is 13.4. The van der Waals surface area contributed by atoms with Crippen LogP contribution in [0.5, 0.6) is 0 Å². The number of carbonyl (C=O) groups is 2. The van der Waals surface area contributed by atoms with E-state index in [0.717, 1.165) is 0 Å².